The Morgan fingerprint density at radius 1 is 1.43 bits per heavy atom. The SMILES string of the molecule is NNC(=O)C(=O)N1CCC(CO)CC1. The van der Waals surface area contributed by atoms with Crippen molar-refractivity contribution in [2.45, 2.75) is 12.8 Å². The fourth-order valence-corrected chi connectivity index (χ4v) is 1.52. The Hall–Kier alpha value is -1.14. The highest BCUT2D eigenvalue weighted by atomic mass is 16.3. The van der Waals surface area contributed by atoms with E-state index >= 15 is 0 Å². The number of nitrogens with zero attached hydrogens (tertiary/aromatic N) is 1. The van der Waals surface area contributed by atoms with Gasteiger partial charge in [0.25, 0.3) is 0 Å². The first kappa shape index (κ1) is 10.9. The molecule has 1 aliphatic rings. The van der Waals surface area contributed by atoms with Crippen molar-refractivity contribution in [2.75, 3.05) is 19.7 Å². The lowest BCUT2D eigenvalue weighted by Crippen LogP contribution is -2.48. The molecule has 0 aromatic heterocycles. The molecule has 0 atom stereocenters. The second-order valence-corrected chi connectivity index (χ2v) is 3.39. The predicted molar refractivity (Wildman–Crippen MR) is 48.7 cm³/mol. The van der Waals surface area contributed by atoms with Crippen LogP contribution in [0, 0.1) is 5.92 Å². The molecule has 6 nitrogen and oxygen atoms in total. The Bertz CT molecular complexity index is 224. The zero-order valence-electron chi connectivity index (χ0n) is 7.90. The highest BCUT2D eigenvalue weighted by molar-refractivity contribution is 6.34. The van der Waals surface area contributed by atoms with Crippen LogP contribution >= 0.6 is 0 Å². The van der Waals surface area contributed by atoms with Gasteiger partial charge in [0, 0.05) is 19.7 Å². The lowest BCUT2D eigenvalue weighted by atomic mass is 9.98. The molecule has 80 valence electrons. The van der Waals surface area contributed by atoms with Gasteiger partial charge >= 0.3 is 11.8 Å². The molecule has 0 radical (unpaired) electrons. The number of carbonyl (C=O) groups excluding carboxylic acids is 2. The minimum Gasteiger partial charge on any atom is -0.396 e. The molecule has 6 heteroatoms. The van der Waals surface area contributed by atoms with Crippen molar-refractivity contribution < 1.29 is 14.7 Å². The molecule has 1 aliphatic heterocycles. The van der Waals surface area contributed by atoms with Gasteiger partial charge in [0.2, 0.25) is 0 Å². The summed E-state index contributed by atoms with van der Waals surface area (Å²) in [7, 11) is 0. The van der Waals surface area contributed by atoms with E-state index in [1.807, 2.05) is 5.43 Å². The molecule has 0 spiro atoms. The third-order valence-electron chi connectivity index (χ3n) is 2.49. The first-order valence-corrected chi connectivity index (χ1v) is 4.59. The minimum atomic E-state index is -0.785. The van der Waals surface area contributed by atoms with Gasteiger partial charge in [-0.2, -0.15) is 0 Å². The van der Waals surface area contributed by atoms with Crippen molar-refractivity contribution in [2.24, 2.45) is 11.8 Å². The van der Waals surface area contributed by atoms with Crippen molar-refractivity contribution in [3.05, 3.63) is 0 Å². The molecule has 1 fully saturated rings. The maximum absolute atomic E-state index is 11.3. The first-order chi connectivity index (χ1) is 6.69. The zero-order chi connectivity index (χ0) is 10.6. The number of amides is 2. The second-order valence-electron chi connectivity index (χ2n) is 3.39. The van der Waals surface area contributed by atoms with Crippen LogP contribution in [0.4, 0.5) is 0 Å². The summed E-state index contributed by atoms with van der Waals surface area (Å²) in [5.41, 5.74) is 1.81. The molecular formula is C8H15N3O3. The number of carbonyl (C=O) groups is 2. The number of hydrogen-bond acceptors (Lipinski definition) is 4. The van der Waals surface area contributed by atoms with E-state index in [1.165, 1.54) is 4.90 Å². The molecule has 0 aromatic carbocycles. The lowest BCUT2D eigenvalue weighted by Gasteiger charge is -2.30. The maximum atomic E-state index is 11.3. The number of nitrogens with two attached hydrogens (primary N) is 1. The Labute approximate surface area is 82.0 Å². The summed E-state index contributed by atoms with van der Waals surface area (Å²) in [5.74, 6) is 3.72. The van der Waals surface area contributed by atoms with Gasteiger partial charge in [-0.3, -0.25) is 15.0 Å². The van der Waals surface area contributed by atoms with Crippen LogP contribution < -0.4 is 11.3 Å². The van der Waals surface area contributed by atoms with E-state index in [4.69, 9.17) is 10.9 Å². The van der Waals surface area contributed by atoms with Crippen LogP contribution in [0.25, 0.3) is 0 Å². The molecule has 1 heterocycles. The van der Waals surface area contributed by atoms with Crippen LogP contribution in [0.2, 0.25) is 0 Å². The van der Waals surface area contributed by atoms with Gasteiger partial charge in [-0.1, -0.05) is 0 Å². The molecule has 0 aliphatic carbocycles. The van der Waals surface area contributed by atoms with Crippen molar-refractivity contribution in [1.82, 2.24) is 10.3 Å². The summed E-state index contributed by atoms with van der Waals surface area (Å²) >= 11 is 0. The van der Waals surface area contributed by atoms with E-state index in [0.29, 0.717) is 13.1 Å². The molecule has 0 saturated carbocycles. The predicted octanol–water partition coefficient (Wildman–Crippen LogP) is -1.79. The van der Waals surface area contributed by atoms with Crippen molar-refractivity contribution in [3.8, 4) is 0 Å². The van der Waals surface area contributed by atoms with E-state index in [0.717, 1.165) is 12.8 Å². The van der Waals surface area contributed by atoms with E-state index in [2.05, 4.69) is 0 Å². The highest BCUT2D eigenvalue weighted by Crippen LogP contribution is 2.16. The van der Waals surface area contributed by atoms with Gasteiger partial charge in [-0.15, -0.1) is 0 Å². The summed E-state index contributed by atoms with van der Waals surface area (Å²) in [6.07, 6.45) is 1.47. The molecule has 4 N–H and O–H groups in total. The largest absolute Gasteiger partial charge is 0.396 e. The zero-order valence-corrected chi connectivity index (χ0v) is 7.90. The summed E-state index contributed by atoms with van der Waals surface area (Å²) in [4.78, 5) is 23.6. The molecule has 2 amide bonds. The molecule has 0 aromatic rings. The molecular weight excluding hydrogens is 186 g/mol. The Morgan fingerprint density at radius 3 is 2.43 bits per heavy atom. The van der Waals surface area contributed by atoms with Gasteiger partial charge < -0.3 is 10.0 Å². The van der Waals surface area contributed by atoms with Crippen LogP contribution in [0.5, 0.6) is 0 Å². The van der Waals surface area contributed by atoms with Gasteiger partial charge in [0.1, 0.15) is 0 Å². The summed E-state index contributed by atoms with van der Waals surface area (Å²) in [6, 6.07) is 0. The number of hydrogen-bond donors (Lipinski definition) is 3. The lowest BCUT2D eigenvalue weighted by molar-refractivity contribution is -0.146. The fraction of sp³-hybridized carbons (Fsp3) is 0.750. The third-order valence-corrected chi connectivity index (χ3v) is 2.49. The number of aliphatic hydroxyl groups is 1. The van der Waals surface area contributed by atoms with Crippen molar-refractivity contribution >= 4 is 11.8 Å². The van der Waals surface area contributed by atoms with E-state index in [-0.39, 0.29) is 12.5 Å². The van der Waals surface area contributed by atoms with Gasteiger partial charge in [0.05, 0.1) is 0 Å². The molecule has 14 heavy (non-hydrogen) atoms. The fourth-order valence-electron chi connectivity index (χ4n) is 1.52. The first-order valence-electron chi connectivity index (χ1n) is 4.59. The van der Waals surface area contributed by atoms with Crippen LogP contribution in [0.1, 0.15) is 12.8 Å². The molecule has 1 saturated heterocycles. The van der Waals surface area contributed by atoms with E-state index < -0.39 is 11.8 Å². The standard InChI is InChI=1S/C8H15N3O3/c9-10-7(13)8(14)11-3-1-6(5-12)2-4-11/h6,12H,1-5,9H2,(H,10,13). The average molecular weight is 201 g/mol. The quantitative estimate of drug-likeness (QED) is 0.202. The van der Waals surface area contributed by atoms with Crippen molar-refractivity contribution in [3.63, 3.8) is 0 Å². The smallest absolute Gasteiger partial charge is 0.323 e. The van der Waals surface area contributed by atoms with Gasteiger partial charge in [0.15, 0.2) is 0 Å². The monoisotopic (exact) mass is 201 g/mol. The van der Waals surface area contributed by atoms with Gasteiger partial charge in [-0.05, 0) is 18.8 Å². The molecule has 0 unspecified atom stereocenters. The Balaban J connectivity index is 2.41. The summed E-state index contributed by atoms with van der Waals surface area (Å²) in [5, 5.41) is 8.87. The van der Waals surface area contributed by atoms with Gasteiger partial charge in [-0.25, -0.2) is 5.84 Å². The maximum Gasteiger partial charge on any atom is 0.323 e. The number of aliphatic hydroxyl groups excluding tert-OH is 1. The number of rotatable bonds is 1. The second kappa shape index (κ2) is 4.92. The van der Waals surface area contributed by atoms with Crippen molar-refractivity contribution in [1.29, 1.82) is 0 Å². The Morgan fingerprint density at radius 2 is 2.00 bits per heavy atom. The number of likely N-dealkylation sites (tertiary alicyclic amines) is 1. The number of hydrazine groups is 1. The van der Waals surface area contributed by atoms with E-state index in [1.54, 1.807) is 0 Å². The van der Waals surface area contributed by atoms with E-state index in [9.17, 15) is 9.59 Å². The minimum absolute atomic E-state index is 0.144. The topological polar surface area (TPSA) is 95.7 Å². The highest BCUT2D eigenvalue weighted by Gasteiger charge is 2.25. The summed E-state index contributed by atoms with van der Waals surface area (Å²) in [6.45, 7) is 1.17. The third kappa shape index (κ3) is 2.43. The van der Waals surface area contributed by atoms with Crippen LogP contribution in [0.15, 0.2) is 0 Å². The number of piperidine rings is 1. The van der Waals surface area contributed by atoms with Crippen LogP contribution in [0.3, 0.4) is 0 Å². The number of nitrogens with one attached hydrogen (secondary N) is 1. The average Bonchev–Trinajstić information content (AvgIpc) is 2.27. The normalized spacial score (nSPS) is 18.0. The Kier molecular flexibility index (Phi) is 3.84. The summed E-state index contributed by atoms with van der Waals surface area (Å²) < 4.78 is 0. The molecule has 0 bridgehead atoms. The van der Waals surface area contributed by atoms with Crippen LogP contribution in [-0.4, -0.2) is 41.5 Å². The molecule has 1 rings (SSSR count). The van der Waals surface area contributed by atoms with Crippen LogP contribution in [-0.2, 0) is 9.59 Å².